The number of hydrogen-bond donors (Lipinski definition) is 2. The number of nitrogens with zero attached hydrogens (tertiary/aromatic N) is 1. The Labute approximate surface area is 130 Å². The molecule has 1 amide bonds. The van der Waals surface area contributed by atoms with E-state index in [4.69, 9.17) is 0 Å². The van der Waals surface area contributed by atoms with Crippen molar-refractivity contribution in [1.29, 1.82) is 0 Å². The first-order chi connectivity index (χ1) is 9.99. The molecule has 1 aliphatic rings. The molecule has 0 atom stereocenters. The molecule has 116 valence electrons. The van der Waals surface area contributed by atoms with E-state index in [0.717, 1.165) is 5.75 Å². The molecule has 1 aromatic carbocycles. The Morgan fingerprint density at radius 2 is 2.05 bits per heavy atom. The number of carbonyl (C=O) groups excluding carboxylic acids is 1. The molecule has 0 unspecified atom stereocenters. The summed E-state index contributed by atoms with van der Waals surface area (Å²) in [5.74, 6) is 1.14. The SMILES string of the molecule is CC(C)C1(O)CN(CC(=O)NCCSc2ccccc2)C1. The van der Waals surface area contributed by atoms with Crippen LogP contribution in [0.15, 0.2) is 35.2 Å². The number of hydrogen-bond acceptors (Lipinski definition) is 4. The molecular formula is C16H24N2O2S. The van der Waals surface area contributed by atoms with Gasteiger partial charge in [0, 0.05) is 30.3 Å². The highest BCUT2D eigenvalue weighted by molar-refractivity contribution is 7.99. The molecule has 2 rings (SSSR count). The third kappa shape index (κ3) is 4.73. The Morgan fingerprint density at radius 1 is 1.38 bits per heavy atom. The van der Waals surface area contributed by atoms with Crippen molar-refractivity contribution in [2.45, 2.75) is 24.3 Å². The van der Waals surface area contributed by atoms with Crippen LogP contribution in [0.25, 0.3) is 0 Å². The van der Waals surface area contributed by atoms with Crippen molar-refractivity contribution in [1.82, 2.24) is 10.2 Å². The summed E-state index contributed by atoms with van der Waals surface area (Å²) in [7, 11) is 0. The zero-order valence-electron chi connectivity index (χ0n) is 12.7. The predicted molar refractivity (Wildman–Crippen MR) is 86.4 cm³/mol. The van der Waals surface area contributed by atoms with E-state index in [0.29, 0.717) is 26.2 Å². The van der Waals surface area contributed by atoms with E-state index in [1.54, 1.807) is 11.8 Å². The molecule has 21 heavy (non-hydrogen) atoms. The van der Waals surface area contributed by atoms with Crippen molar-refractivity contribution < 1.29 is 9.90 Å². The first kappa shape index (κ1) is 16.3. The second kappa shape index (κ2) is 7.29. The Balaban J connectivity index is 1.57. The van der Waals surface area contributed by atoms with Gasteiger partial charge in [0.25, 0.3) is 0 Å². The van der Waals surface area contributed by atoms with Crippen LogP contribution in [-0.4, -0.2) is 53.4 Å². The van der Waals surface area contributed by atoms with E-state index in [9.17, 15) is 9.90 Å². The van der Waals surface area contributed by atoms with Crippen LogP contribution in [0.1, 0.15) is 13.8 Å². The Kier molecular flexibility index (Phi) is 5.67. The maximum atomic E-state index is 11.8. The van der Waals surface area contributed by atoms with Gasteiger partial charge in [-0.2, -0.15) is 0 Å². The van der Waals surface area contributed by atoms with Crippen LogP contribution in [0.5, 0.6) is 0 Å². The lowest BCUT2D eigenvalue weighted by Gasteiger charge is -2.48. The fraction of sp³-hybridized carbons (Fsp3) is 0.562. The van der Waals surface area contributed by atoms with Crippen LogP contribution < -0.4 is 5.32 Å². The first-order valence-electron chi connectivity index (χ1n) is 7.39. The van der Waals surface area contributed by atoms with E-state index < -0.39 is 5.60 Å². The van der Waals surface area contributed by atoms with Crippen molar-refractivity contribution in [3.8, 4) is 0 Å². The van der Waals surface area contributed by atoms with E-state index in [-0.39, 0.29) is 11.8 Å². The highest BCUT2D eigenvalue weighted by Gasteiger charge is 2.43. The second-order valence-electron chi connectivity index (χ2n) is 5.91. The van der Waals surface area contributed by atoms with Gasteiger partial charge in [-0.15, -0.1) is 11.8 Å². The number of likely N-dealkylation sites (tertiary alicyclic amines) is 1. The fourth-order valence-electron chi connectivity index (χ4n) is 2.34. The van der Waals surface area contributed by atoms with Crippen molar-refractivity contribution >= 4 is 17.7 Å². The topological polar surface area (TPSA) is 52.6 Å². The maximum Gasteiger partial charge on any atom is 0.234 e. The summed E-state index contributed by atoms with van der Waals surface area (Å²) in [6.45, 7) is 6.26. The van der Waals surface area contributed by atoms with Crippen LogP contribution in [0.2, 0.25) is 0 Å². The molecule has 1 aliphatic heterocycles. The lowest BCUT2D eigenvalue weighted by atomic mass is 9.83. The molecule has 1 heterocycles. The molecule has 0 bridgehead atoms. The third-order valence-electron chi connectivity index (χ3n) is 3.87. The van der Waals surface area contributed by atoms with Gasteiger partial charge in [-0.1, -0.05) is 32.0 Å². The number of amides is 1. The molecule has 1 saturated heterocycles. The molecule has 0 radical (unpaired) electrons. The number of nitrogens with one attached hydrogen (secondary N) is 1. The van der Waals surface area contributed by atoms with Gasteiger partial charge in [-0.3, -0.25) is 9.69 Å². The summed E-state index contributed by atoms with van der Waals surface area (Å²) < 4.78 is 0. The largest absolute Gasteiger partial charge is 0.387 e. The van der Waals surface area contributed by atoms with Gasteiger partial charge >= 0.3 is 0 Å². The Hall–Kier alpha value is -1.04. The summed E-state index contributed by atoms with van der Waals surface area (Å²) >= 11 is 1.74. The number of β-amino-alcohol motifs (C(OH)–C–C–N with tert-alkyl or cyclic N) is 1. The van der Waals surface area contributed by atoms with E-state index >= 15 is 0 Å². The first-order valence-corrected chi connectivity index (χ1v) is 8.37. The van der Waals surface area contributed by atoms with Gasteiger partial charge in [0.05, 0.1) is 12.1 Å². The number of benzene rings is 1. The molecule has 0 aliphatic carbocycles. The number of rotatable bonds is 7. The number of aliphatic hydroxyl groups is 1. The molecule has 2 N–H and O–H groups in total. The zero-order valence-corrected chi connectivity index (χ0v) is 13.5. The molecule has 4 nitrogen and oxygen atoms in total. The molecule has 0 saturated carbocycles. The molecule has 1 aromatic rings. The van der Waals surface area contributed by atoms with Crippen molar-refractivity contribution in [3.05, 3.63) is 30.3 Å². The van der Waals surface area contributed by atoms with Crippen LogP contribution >= 0.6 is 11.8 Å². The Bertz CT molecular complexity index is 459. The second-order valence-corrected chi connectivity index (χ2v) is 7.08. The van der Waals surface area contributed by atoms with E-state index in [1.165, 1.54) is 4.90 Å². The van der Waals surface area contributed by atoms with E-state index in [2.05, 4.69) is 17.4 Å². The van der Waals surface area contributed by atoms with Gasteiger partial charge in [-0.25, -0.2) is 0 Å². The van der Waals surface area contributed by atoms with Crippen molar-refractivity contribution in [2.24, 2.45) is 5.92 Å². The minimum absolute atomic E-state index is 0.0365. The minimum Gasteiger partial charge on any atom is -0.387 e. The molecule has 1 fully saturated rings. The highest BCUT2D eigenvalue weighted by Crippen LogP contribution is 2.27. The lowest BCUT2D eigenvalue weighted by Crippen LogP contribution is -2.65. The van der Waals surface area contributed by atoms with Crippen LogP contribution in [0.3, 0.4) is 0 Å². The molecule has 0 spiro atoms. The van der Waals surface area contributed by atoms with Crippen molar-refractivity contribution in [2.75, 3.05) is 31.9 Å². The summed E-state index contributed by atoms with van der Waals surface area (Å²) in [5.41, 5.74) is -0.608. The number of thioether (sulfide) groups is 1. The highest BCUT2D eigenvalue weighted by atomic mass is 32.2. The standard InChI is InChI=1S/C16H24N2O2S/c1-13(2)16(20)11-18(12-16)10-15(19)17-8-9-21-14-6-4-3-5-7-14/h3-7,13,20H,8-12H2,1-2H3,(H,17,19). The average molecular weight is 308 g/mol. The molecular weight excluding hydrogens is 284 g/mol. The predicted octanol–water partition coefficient (Wildman–Crippen LogP) is 1.60. The maximum absolute atomic E-state index is 11.8. The smallest absolute Gasteiger partial charge is 0.234 e. The fourth-order valence-corrected chi connectivity index (χ4v) is 3.13. The summed E-state index contributed by atoms with van der Waals surface area (Å²) in [6, 6.07) is 10.2. The van der Waals surface area contributed by atoms with Gasteiger partial charge in [0.2, 0.25) is 5.91 Å². The van der Waals surface area contributed by atoms with Crippen molar-refractivity contribution in [3.63, 3.8) is 0 Å². The minimum atomic E-state index is -0.608. The van der Waals surface area contributed by atoms with Gasteiger partial charge in [0.1, 0.15) is 0 Å². The van der Waals surface area contributed by atoms with Gasteiger partial charge in [0.15, 0.2) is 0 Å². The number of carbonyl (C=O) groups is 1. The van der Waals surface area contributed by atoms with Crippen LogP contribution in [-0.2, 0) is 4.79 Å². The van der Waals surface area contributed by atoms with E-state index in [1.807, 2.05) is 36.9 Å². The van der Waals surface area contributed by atoms with Crippen LogP contribution in [0, 0.1) is 5.92 Å². The summed E-state index contributed by atoms with van der Waals surface area (Å²) in [6.07, 6.45) is 0. The summed E-state index contributed by atoms with van der Waals surface area (Å²) in [5, 5.41) is 13.1. The quantitative estimate of drug-likeness (QED) is 0.593. The monoisotopic (exact) mass is 308 g/mol. The molecule has 0 aromatic heterocycles. The summed E-state index contributed by atoms with van der Waals surface area (Å²) in [4.78, 5) is 15.0. The zero-order chi connectivity index (χ0) is 15.3. The van der Waals surface area contributed by atoms with Gasteiger partial charge in [-0.05, 0) is 18.1 Å². The third-order valence-corrected chi connectivity index (χ3v) is 4.89. The molecule has 5 heteroatoms. The normalized spacial score (nSPS) is 17.5. The Morgan fingerprint density at radius 3 is 2.67 bits per heavy atom. The van der Waals surface area contributed by atoms with Crippen LogP contribution in [0.4, 0.5) is 0 Å². The average Bonchev–Trinajstić information content (AvgIpc) is 2.42. The van der Waals surface area contributed by atoms with Gasteiger partial charge < -0.3 is 10.4 Å². The lowest BCUT2D eigenvalue weighted by molar-refractivity contribution is -0.142.